The highest BCUT2D eigenvalue weighted by Gasteiger charge is 2.12. The molecule has 0 saturated carbocycles. The molecular weight excluding hydrogens is 360 g/mol. The lowest BCUT2D eigenvalue weighted by Gasteiger charge is -2.09. The molecule has 3 aromatic rings. The van der Waals surface area contributed by atoms with Gasteiger partial charge in [-0.15, -0.1) is 10.2 Å². The molecule has 144 valence electrons. The number of carboxylic acid groups (broad SMARTS) is 1. The molecule has 0 spiro atoms. The van der Waals surface area contributed by atoms with E-state index < -0.39 is 5.97 Å². The van der Waals surface area contributed by atoms with Crippen molar-refractivity contribution in [3.05, 3.63) is 77.4 Å². The van der Waals surface area contributed by atoms with Crippen LogP contribution in [0.4, 0.5) is 0 Å². The number of nitrogens with one attached hydrogen (secondary N) is 1. The number of carbonyl (C=O) groups is 1. The number of aromatic nitrogens is 3. The number of rotatable bonds is 9. The van der Waals surface area contributed by atoms with Crippen molar-refractivity contribution in [2.24, 2.45) is 5.16 Å². The number of benzene rings is 2. The van der Waals surface area contributed by atoms with Gasteiger partial charge < -0.3 is 19.7 Å². The molecule has 2 aromatic carbocycles. The number of nitrogens with zero attached hydrogens (tertiary/aromatic N) is 3. The Kier molecular flexibility index (Phi) is 6.35. The minimum absolute atomic E-state index is 0.115. The second kappa shape index (κ2) is 9.31. The lowest BCUT2D eigenvalue weighted by Crippen LogP contribution is -2.07. The number of hydrogen-bond acceptors (Lipinski definition) is 6. The monoisotopic (exact) mass is 380 g/mol. The first-order valence-corrected chi connectivity index (χ1v) is 8.66. The van der Waals surface area contributed by atoms with Crippen LogP contribution in [-0.2, 0) is 22.7 Å². The van der Waals surface area contributed by atoms with Crippen LogP contribution < -0.4 is 4.74 Å². The van der Waals surface area contributed by atoms with Crippen molar-refractivity contribution >= 4 is 11.7 Å². The Morgan fingerprint density at radius 2 is 2.00 bits per heavy atom. The third-order valence-electron chi connectivity index (χ3n) is 3.98. The summed E-state index contributed by atoms with van der Waals surface area (Å²) in [6.45, 7) is 0.374. The molecule has 0 atom stereocenters. The van der Waals surface area contributed by atoms with Crippen molar-refractivity contribution in [1.29, 1.82) is 0 Å². The quantitative estimate of drug-likeness (QED) is 0.436. The maximum absolute atomic E-state index is 10.6. The summed E-state index contributed by atoms with van der Waals surface area (Å²) in [6.07, 6.45) is 2.10. The summed E-state index contributed by atoms with van der Waals surface area (Å²) in [5.41, 5.74) is 3.29. The molecule has 0 unspecified atom stereocenters. The Morgan fingerprint density at radius 3 is 2.68 bits per heavy atom. The van der Waals surface area contributed by atoms with Crippen molar-refractivity contribution in [3.8, 4) is 5.75 Å². The van der Waals surface area contributed by atoms with Crippen molar-refractivity contribution in [3.63, 3.8) is 0 Å². The van der Waals surface area contributed by atoms with E-state index in [1.54, 1.807) is 0 Å². The smallest absolute Gasteiger partial charge is 0.303 e. The lowest BCUT2D eigenvalue weighted by atomic mass is 10.1. The van der Waals surface area contributed by atoms with E-state index in [0.717, 1.165) is 16.7 Å². The summed E-state index contributed by atoms with van der Waals surface area (Å²) < 4.78 is 5.83. The third-order valence-corrected chi connectivity index (χ3v) is 3.98. The van der Waals surface area contributed by atoms with Gasteiger partial charge >= 0.3 is 5.97 Å². The normalized spacial score (nSPS) is 11.2. The Morgan fingerprint density at radius 1 is 1.18 bits per heavy atom. The van der Waals surface area contributed by atoms with Crippen LogP contribution in [0.1, 0.15) is 28.9 Å². The molecule has 3 rings (SSSR count). The van der Waals surface area contributed by atoms with Crippen LogP contribution >= 0.6 is 0 Å². The molecule has 0 amide bonds. The topological polar surface area (TPSA) is 110 Å². The van der Waals surface area contributed by atoms with Gasteiger partial charge in [0.15, 0.2) is 11.5 Å². The second-order valence-electron chi connectivity index (χ2n) is 5.99. The number of carboxylic acids is 1. The summed E-state index contributed by atoms with van der Waals surface area (Å²) >= 11 is 0. The molecule has 0 saturated heterocycles. The molecular formula is C20H20N4O4. The minimum atomic E-state index is -0.804. The zero-order chi connectivity index (χ0) is 19.8. The maximum atomic E-state index is 10.6. The summed E-state index contributed by atoms with van der Waals surface area (Å²) in [5, 5.41) is 20.5. The average Bonchev–Trinajstić information content (AvgIpc) is 3.24. The van der Waals surface area contributed by atoms with Gasteiger partial charge in [0.05, 0.1) is 0 Å². The number of aliphatic carboxylic acids is 1. The van der Waals surface area contributed by atoms with Crippen LogP contribution in [0.25, 0.3) is 0 Å². The van der Waals surface area contributed by atoms with E-state index >= 15 is 0 Å². The van der Waals surface area contributed by atoms with Gasteiger partial charge in [0, 0.05) is 12.0 Å². The van der Waals surface area contributed by atoms with Crippen molar-refractivity contribution in [1.82, 2.24) is 15.2 Å². The number of hydrogen-bond donors (Lipinski definition) is 2. The molecule has 0 aliphatic rings. The van der Waals surface area contributed by atoms with Crippen LogP contribution in [0.2, 0.25) is 0 Å². The molecule has 0 radical (unpaired) electrons. The van der Waals surface area contributed by atoms with Crippen LogP contribution in [0.15, 0.2) is 60.0 Å². The van der Waals surface area contributed by atoms with Crippen LogP contribution in [0.3, 0.4) is 0 Å². The lowest BCUT2D eigenvalue weighted by molar-refractivity contribution is -0.136. The van der Waals surface area contributed by atoms with Crippen molar-refractivity contribution < 1.29 is 19.5 Å². The van der Waals surface area contributed by atoms with Crippen molar-refractivity contribution in [2.75, 3.05) is 7.11 Å². The van der Waals surface area contributed by atoms with E-state index in [4.69, 9.17) is 14.7 Å². The first-order chi connectivity index (χ1) is 13.7. The van der Waals surface area contributed by atoms with E-state index in [2.05, 4.69) is 20.3 Å². The van der Waals surface area contributed by atoms with E-state index in [-0.39, 0.29) is 6.42 Å². The zero-order valence-electron chi connectivity index (χ0n) is 15.3. The molecule has 1 aromatic heterocycles. The molecule has 28 heavy (non-hydrogen) atoms. The Bertz CT molecular complexity index is 937. The van der Waals surface area contributed by atoms with E-state index in [1.807, 2.05) is 48.5 Å². The fourth-order valence-corrected chi connectivity index (χ4v) is 2.62. The molecule has 2 N–H and O–H groups in total. The van der Waals surface area contributed by atoms with Gasteiger partial charge in [0.2, 0.25) is 0 Å². The van der Waals surface area contributed by atoms with Gasteiger partial charge in [-0.05, 0) is 35.7 Å². The van der Waals surface area contributed by atoms with Gasteiger partial charge in [-0.3, -0.25) is 4.79 Å². The predicted molar refractivity (Wildman–Crippen MR) is 102 cm³/mol. The number of aromatic amines is 1. The van der Waals surface area contributed by atoms with Gasteiger partial charge in [0.1, 0.15) is 25.8 Å². The van der Waals surface area contributed by atoms with Crippen LogP contribution in [-0.4, -0.2) is 39.1 Å². The molecule has 0 aliphatic carbocycles. The number of oxime groups is 1. The zero-order valence-corrected chi connectivity index (χ0v) is 15.3. The van der Waals surface area contributed by atoms with Crippen LogP contribution in [0.5, 0.6) is 5.75 Å². The highest BCUT2D eigenvalue weighted by atomic mass is 16.6. The Hall–Kier alpha value is -3.68. The third kappa shape index (κ3) is 5.16. The molecule has 8 nitrogen and oxygen atoms in total. The number of H-pyrrole nitrogens is 1. The van der Waals surface area contributed by atoms with E-state index in [1.165, 1.54) is 13.4 Å². The molecule has 8 heteroatoms. The number of aryl methyl sites for hydroxylation is 1. The average molecular weight is 380 g/mol. The summed E-state index contributed by atoms with van der Waals surface area (Å²) in [7, 11) is 1.48. The Balaban J connectivity index is 1.66. The predicted octanol–water partition coefficient (Wildman–Crippen LogP) is 2.80. The van der Waals surface area contributed by atoms with Gasteiger partial charge in [-0.2, -0.15) is 0 Å². The molecule has 0 bridgehead atoms. The standard InChI is InChI=1S/C20H20N4O4/c1-27-24-19(20-21-13-22-23-20)16-4-2-3-15(11-16)12-28-17-8-5-14(6-9-17)7-10-18(25)26/h2-6,8-9,11,13H,7,10,12H2,1H3,(H,25,26)(H,21,22,23)/b24-19+. The largest absolute Gasteiger partial charge is 0.489 e. The van der Waals surface area contributed by atoms with E-state index in [9.17, 15) is 4.79 Å². The highest BCUT2D eigenvalue weighted by molar-refractivity contribution is 6.10. The summed E-state index contributed by atoms with van der Waals surface area (Å²) in [6, 6.07) is 15.1. The fraction of sp³-hybridized carbons (Fsp3) is 0.200. The number of ether oxygens (including phenoxy) is 1. The summed E-state index contributed by atoms with van der Waals surface area (Å²) in [5.74, 6) is 0.421. The molecule has 1 heterocycles. The highest BCUT2D eigenvalue weighted by Crippen LogP contribution is 2.17. The molecule has 0 fully saturated rings. The fourth-order valence-electron chi connectivity index (χ4n) is 2.62. The van der Waals surface area contributed by atoms with Crippen LogP contribution in [0, 0.1) is 0 Å². The second-order valence-corrected chi connectivity index (χ2v) is 5.99. The summed E-state index contributed by atoms with van der Waals surface area (Å²) in [4.78, 5) is 18.5. The van der Waals surface area contributed by atoms with Gasteiger partial charge in [-0.25, -0.2) is 0 Å². The Labute approximate surface area is 161 Å². The SMILES string of the molecule is CO/N=C(\c1cccc(COc2ccc(CCC(=O)O)cc2)c1)c1nnc[nH]1. The van der Waals surface area contributed by atoms with Gasteiger partial charge in [0.25, 0.3) is 0 Å². The van der Waals surface area contributed by atoms with Crippen molar-refractivity contribution in [2.45, 2.75) is 19.4 Å². The molecule has 0 aliphatic heterocycles. The van der Waals surface area contributed by atoms with Gasteiger partial charge in [-0.1, -0.05) is 35.5 Å². The first kappa shape index (κ1) is 19.1. The maximum Gasteiger partial charge on any atom is 0.303 e. The first-order valence-electron chi connectivity index (χ1n) is 8.66. The minimum Gasteiger partial charge on any atom is -0.489 e. The van der Waals surface area contributed by atoms with E-state index in [0.29, 0.717) is 30.3 Å².